The molecule has 0 spiro atoms. The summed E-state index contributed by atoms with van der Waals surface area (Å²) in [7, 11) is -3.48. The molecule has 2 N–H and O–H groups in total. The summed E-state index contributed by atoms with van der Waals surface area (Å²) < 4.78 is 27.0. The molecule has 0 aliphatic heterocycles. The Hall–Kier alpha value is -1.35. The van der Waals surface area contributed by atoms with Gasteiger partial charge in [0.2, 0.25) is 10.0 Å². The van der Waals surface area contributed by atoms with Gasteiger partial charge < -0.3 is 5.73 Å². The standard InChI is InChI=1S/C15H20N2O2S/c1-2-17(12-13-9-10-13)20(18,19)15-8-4-3-6-14(15)7-5-11-16/h3-4,6,8,13H,2,9-12,16H2,1H3. The summed E-state index contributed by atoms with van der Waals surface area (Å²) >= 11 is 0. The monoisotopic (exact) mass is 292 g/mol. The van der Waals surface area contributed by atoms with Gasteiger partial charge in [0.1, 0.15) is 0 Å². The molecule has 1 aromatic rings. The third-order valence-corrected chi connectivity index (χ3v) is 5.34. The summed E-state index contributed by atoms with van der Waals surface area (Å²) in [5.41, 5.74) is 5.88. The lowest BCUT2D eigenvalue weighted by Gasteiger charge is -2.21. The van der Waals surface area contributed by atoms with E-state index in [9.17, 15) is 8.42 Å². The molecule has 0 aromatic heterocycles. The Morgan fingerprint density at radius 2 is 2.05 bits per heavy atom. The predicted octanol–water partition coefficient (Wildman–Crippen LogP) is 1.42. The van der Waals surface area contributed by atoms with Crippen molar-refractivity contribution in [2.24, 2.45) is 11.7 Å². The smallest absolute Gasteiger partial charge is 0.244 e. The van der Waals surface area contributed by atoms with Crippen LogP contribution >= 0.6 is 0 Å². The normalized spacial score (nSPS) is 14.9. The van der Waals surface area contributed by atoms with Crippen LogP contribution in [0.25, 0.3) is 0 Å². The zero-order chi connectivity index (χ0) is 14.6. The van der Waals surface area contributed by atoms with E-state index >= 15 is 0 Å². The molecule has 1 aromatic carbocycles. The molecule has 108 valence electrons. The molecule has 4 nitrogen and oxygen atoms in total. The Balaban J connectivity index is 2.36. The van der Waals surface area contributed by atoms with E-state index in [0.717, 1.165) is 12.8 Å². The minimum Gasteiger partial charge on any atom is -0.320 e. The van der Waals surface area contributed by atoms with E-state index in [1.165, 1.54) is 0 Å². The molecular formula is C15H20N2O2S. The van der Waals surface area contributed by atoms with Gasteiger partial charge in [-0.2, -0.15) is 4.31 Å². The molecule has 1 saturated carbocycles. The second-order valence-electron chi connectivity index (χ2n) is 4.90. The van der Waals surface area contributed by atoms with Gasteiger partial charge in [0, 0.05) is 18.7 Å². The second-order valence-corrected chi connectivity index (χ2v) is 6.81. The first-order chi connectivity index (χ1) is 9.59. The van der Waals surface area contributed by atoms with Crippen molar-refractivity contribution >= 4 is 10.0 Å². The number of nitrogens with two attached hydrogens (primary N) is 1. The van der Waals surface area contributed by atoms with E-state index in [0.29, 0.717) is 24.6 Å². The van der Waals surface area contributed by atoms with Gasteiger partial charge in [-0.05, 0) is 30.9 Å². The number of sulfonamides is 1. The first kappa shape index (κ1) is 15.0. The first-order valence-corrected chi connectivity index (χ1v) is 8.31. The summed E-state index contributed by atoms with van der Waals surface area (Å²) in [4.78, 5) is 0.281. The van der Waals surface area contributed by atoms with Gasteiger partial charge in [-0.25, -0.2) is 8.42 Å². The van der Waals surface area contributed by atoms with Crippen molar-refractivity contribution in [1.82, 2.24) is 4.31 Å². The highest BCUT2D eigenvalue weighted by Gasteiger charge is 2.31. The molecule has 0 saturated heterocycles. The number of hydrogen-bond donors (Lipinski definition) is 1. The molecule has 1 fully saturated rings. The van der Waals surface area contributed by atoms with Crippen molar-refractivity contribution in [3.8, 4) is 11.8 Å². The third kappa shape index (κ3) is 3.40. The van der Waals surface area contributed by atoms with Crippen LogP contribution in [0.15, 0.2) is 29.2 Å². The van der Waals surface area contributed by atoms with Crippen LogP contribution < -0.4 is 5.73 Å². The first-order valence-electron chi connectivity index (χ1n) is 6.87. The molecule has 20 heavy (non-hydrogen) atoms. The van der Waals surface area contributed by atoms with E-state index in [2.05, 4.69) is 11.8 Å². The number of rotatable bonds is 5. The van der Waals surface area contributed by atoms with E-state index in [-0.39, 0.29) is 11.4 Å². The van der Waals surface area contributed by atoms with Crippen LogP contribution in [0.3, 0.4) is 0 Å². The molecule has 1 aliphatic rings. The Morgan fingerprint density at radius 1 is 1.35 bits per heavy atom. The SMILES string of the molecule is CCN(CC1CC1)S(=O)(=O)c1ccccc1C#CCN. The molecule has 0 unspecified atom stereocenters. The van der Waals surface area contributed by atoms with Crippen LogP contribution in [0.2, 0.25) is 0 Å². The molecule has 0 atom stereocenters. The fourth-order valence-electron chi connectivity index (χ4n) is 2.07. The molecule has 2 rings (SSSR count). The van der Waals surface area contributed by atoms with E-state index in [1.54, 1.807) is 28.6 Å². The van der Waals surface area contributed by atoms with Crippen LogP contribution in [0.4, 0.5) is 0 Å². The fourth-order valence-corrected chi connectivity index (χ4v) is 3.74. The lowest BCUT2D eigenvalue weighted by atomic mass is 10.2. The van der Waals surface area contributed by atoms with Gasteiger partial charge in [-0.15, -0.1) is 0 Å². The molecule has 0 amide bonds. The van der Waals surface area contributed by atoms with Gasteiger partial charge >= 0.3 is 0 Å². The molecule has 0 radical (unpaired) electrons. The maximum Gasteiger partial charge on any atom is 0.244 e. The van der Waals surface area contributed by atoms with Gasteiger partial charge in [0.15, 0.2) is 0 Å². The number of hydrogen-bond acceptors (Lipinski definition) is 3. The van der Waals surface area contributed by atoms with Crippen molar-refractivity contribution in [2.75, 3.05) is 19.6 Å². The lowest BCUT2D eigenvalue weighted by Crippen LogP contribution is -2.33. The van der Waals surface area contributed by atoms with Crippen LogP contribution in [0.5, 0.6) is 0 Å². The van der Waals surface area contributed by atoms with E-state index in [4.69, 9.17) is 5.73 Å². The molecule has 0 heterocycles. The van der Waals surface area contributed by atoms with E-state index in [1.807, 2.05) is 6.92 Å². The minimum atomic E-state index is -3.48. The van der Waals surface area contributed by atoms with Crippen LogP contribution in [-0.2, 0) is 10.0 Å². The van der Waals surface area contributed by atoms with Crippen molar-refractivity contribution < 1.29 is 8.42 Å². The highest BCUT2D eigenvalue weighted by atomic mass is 32.2. The highest BCUT2D eigenvalue weighted by Crippen LogP contribution is 2.31. The van der Waals surface area contributed by atoms with Crippen molar-refractivity contribution in [3.63, 3.8) is 0 Å². The highest BCUT2D eigenvalue weighted by molar-refractivity contribution is 7.89. The zero-order valence-corrected chi connectivity index (χ0v) is 12.5. The Bertz CT molecular complexity index is 625. The summed E-state index contributed by atoms with van der Waals surface area (Å²) in [5.74, 6) is 6.09. The van der Waals surface area contributed by atoms with Crippen LogP contribution in [-0.4, -0.2) is 32.4 Å². The fraction of sp³-hybridized carbons (Fsp3) is 0.467. The molecular weight excluding hydrogens is 272 g/mol. The van der Waals surface area contributed by atoms with Crippen LogP contribution in [0.1, 0.15) is 25.3 Å². The quantitative estimate of drug-likeness (QED) is 0.835. The topological polar surface area (TPSA) is 63.4 Å². The molecule has 1 aliphatic carbocycles. The molecule has 0 bridgehead atoms. The summed E-state index contributed by atoms with van der Waals surface area (Å²) in [6.45, 7) is 3.18. The lowest BCUT2D eigenvalue weighted by molar-refractivity contribution is 0.412. The average Bonchev–Trinajstić information content (AvgIpc) is 3.26. The third-order valence-electron chi connectivity index (χ3n) is 3.34. The average molecular weight is 292 g/mol. The zero-order valence-electron chi connectivity index (χ0n) is 11.7. The second kappa shape index (κ2) is 6.40. The largest absolute Gasteiger partial charge is 0.320 e. The molecule has 5 heteroatoms. The van der Waals surface area contributed by atoms with Crippen molar-refractivity contribution in [3.05, 3.63) is 29.8 Å². The van der Waals surface area contributed by atoms with Crippen LogP contribution in [0, 0.1) is 17.8 Å². The summed E-state index contributed by atoms with van der Waals surface area (Å²) in [5, 5.41) is 0. The summed E-state index contributed by atoms with van der Waals surface area (Å²) in [6.07, 6.45) is 2.25. The number of benzene rings is 1. The Labute approximate surface area is 121 Å². The van der Waals surface area contributed by atoms with Gasteiger partial charge in [0.25, 0.3) is 0 Å². The van der Waals surface area contributed by atoms with Gasteiger partial charge in [-0.1, -0.05) is 30.9 Å². The minimum absolute atomic E-state index is 0.216. The van der Waals surface area contributed by atoms with Gasteiger partial charge in [-0.3, -0.25) is 0 Å². The maximum absolute atomic E-state index is 12.7. The van der Waals surface area contributed by atoms with E-state index < -0.39 is 10.0 Å². The van der Waals surface area contributed by atoms with Crippen molar-refractivity contribution in [2.45, 2.75) is 24.7 Å². The predicted molar refractivity (Wildman–Crippen MR) is 79.5 cm³/mol. The Morgan fingerprint density at radius 3 is 2.65 bits per heavy atom. The Kier molecular flexibility index (Phi) is 4.81. The maximum atomic E-state index is 12.7. The van der Waals surface area contributed by atoms with Gasteiger partial charge in [0.05, 0.1) is 11.4 Å². The summed E-state index contributed by atoms with van der Waals surface area (Å²) in [6, 6.07) is 6.86. The number of nitrogens with zero attached hydrogens (tertiary/aromatic N) is 1. The van der Waals surface area contributed by atoms with Crippen molar-refractivity contribution in [1.29, 1.82) is 0 Å².